The van der Waals surface area contributed by atoms with E-state index in [-0.39, 0.29) is 0 Å². The third-order valence-corrected chi connectivity index (χ3v) is 2.78. The standard InChI is InChI=1S/C11H13N3O/c12-6-9-2-3-10(13-7-9)14-8-11(15)4-1-5-11/h2-3,7,15H,1,4-5,8H2,(H,13,14). The number of aliphatic hydroxyl groups is 1. The lowest BCUT2D eigenvalue weighted by atomic mass is 9.80. The van der Waals surface area contributed by atoms with Crippen molar-refractivity contribution in [2.24, 2.45) is 0 Å². The minimum Gasteiger partial charge on any atom is -0.388 e. The highest BCUT2D eigenvalue weighted by molar-refractivity contribution is 5.39. The Balaban J connectivity index is 1.91. The molecule has 0 aromatic carbocycles. The number of anilines is 1. The Labute approximate surface area is 88.6 Å². The van der Waals surface area contributed by atoms with Gasteiger partial charge < -0.3 is 10.4 Å². The SMILES string of the molecule is N#Cc1ccc(NCC2(O)CCC2)nc1. The predicted molar refractivity (Wildman–Crippen MR) is 56.2 cm³/mol. The third-order valence-electron chi connectivity index (χ3n) is 2.78. The van der Waals surface area contributed by atoms with Crippen molar-refractivity contribution >= 4 is 5.82 Å². The summed E-state index contributed by atoms with van der Waals surface area (Å²) in [5.41, 5.74) is -0.00169. The Morgan fingerprint density at radius 2 is 2.33 bits per heavy atom. The molecule has 78 valence electrons. The first-order chi connectivity index (χ1) is 7.22. The molecular weight excluding hydrogens is 190 g/mol. The smallest absolute Gasteiger partial charge is 0.126 e. The van der Waals surface area contributed by atoms with Gasteiger partial charge in [0, 0.05) is 12.7 Å². The van der Waals surface area contributed by atoms with Gasteiger partial charge in [0.15, 0.2) is 0 Å². The van der Waals surface area contributed by atoms with E-state index in [2.05, 4.69) is 10.3 Å². The molecule has 1 aliphatic carbocycles. The third kappa shape index (κ3) is 2.25. The van der Waals surface area contributed by atoms with Gasteiger partial charge >= 0.3 is 0 Å². The van der Waals surface area contributed by atoms with Crippen LogP contribution in [0, 0.1) is 11.3 Å². The maximum absolute atomic E-state index is 9.83. The molecule has 4 nitrogen and oxygen atoms in total. The molecule has 0 unspecified atom stereocenters. The molecule has 2 N–H and O–H groups in total. The first-order valence-electron chi connectivity index (χ1n) is 5.04. The van der Waals surface area contributed by atoms with Crippen LogP contribution in [0.4, 0.5) is 5.82 Å². The molecule has 15 heavy (non-hydrogen) atoms. The van der Waals surface area contributed by atoms with Gasteiger partial charge in [0.2, 0.25) is 0 Å². The molecule has 0 radical (unpaired) electrons. The van der Waals surface area contributed by atoms with E-state index in [9.17, 15) is 5.11 Å². The van der Waals surface area contributed by atoms with E-state index in [4.69, 9.17) is 5.26 Å². The normalized spacial score (nSPS) is 17.6. The van der Waals surface area contributed by atoms with E-state index in [0.717, 1.165) is 19.3 Å². The molecule has 0 spiro atoms. The van der Waals surface area contributed by atoms with Gasteiger partial charge in [0.25, 0.3) is 0 Å². The number of aromatic nitrogens is 1. The average Bonchev–Trinajstić information content (AvgIpc) is 2.24. The first-order valence-corrected chi connectivity index (χ1v) is 5.04. The van der Waals surface area contributed by atoms with Crippen LogP contribution in [0.15, 0.2) is 18.3 Å². The van der Waals surface area contributed by atoms with E-state index in [1.165, 1.54) is 6.20 Å². The Bertz CT molecular complexity index is 376. The fourth-order valence-corrected chi connectivity index (χ4v) is 1.58. The van der Waals surface area contributed by atoms with E-state index in [0.29, 0.717) is 17.9 Å². The maximum atomic E-state index is 9.83. The molecule has 0 bridgehead atoms. The fourth-order valence-electron chi connectivity index (χ4n) is 1.58. The zero-order valence-corrected chi connectivity index (χ0v) is 8.40. The van der Waals surface area contributed by atoms with Crippen LogP contribution in [-0.2, 0) is 0 Å². The second-order valence-corrected chi connectivity index (χ2v) is 3.98. The van der Waals surface area contributed by atoms with Crippen LogP contribution >= 0.6 is 0 Å². The second kappa shape index (κ2) is 3.87. The molecule has 0 amide bonds. The van der Waals surface area contributed by atoms with Crippen LogP contribution in [0.5, 0.6) is 0 Å². The van der Waals surface area contributed by atoms with Crippen molar-refractivity contribution in [2.45, 2.75) is 24.9 Å². The molecule has 0 aliphatic heterocycles. The summed E-state index contributed by atoms with van der Waals surface area (Å²) in [6.07, 6.45) is 4.33. The number of nitriles is 1. The quantitative estimate of drug-likeness (QED) is 0.776. The van der Waals surface area contributed by atoms with Gasteiger partial charge in [-0.15, -0.1) is 0 Å². The summed E-state index contributed by atoms with van der Waals surface area (Å²) in [6.45, 7) is 0.534. The summed E-state index contributed by atoms with van der Waals surface area (Å²) in [7, 11) is 0. The number of hydrogen-bond donors (Lipinski definition) is 2. The van der Waals surface area contributed by atoms with Crippen LogP contribution in [0.1, 0.15) is 24.8 Å². The largest absolute Gasteiger partial charge is 0.388 e. The first kappa shape index (κ1) is 9.94. The van der Waals surface area contributed by atoms with E-state index >= 15 is 0 Å². The Morgan fingerprint density at radius 3 is 2.80 bits per heavy atom. The molecule has 1 fully saturated rings. The maximum Gasteiger partial charge on any atom is 0.126 e. The number of nitrogens with one attached hydrogen (secondary N) is 1. The van der Waals surface area contributed by atoms with Crippen LogP contribution in [0.25, 0.3) is 0 Å². The van der Waals surface area contributed by atoms with Crippen molar-refractivity contribution in [3.05, 3.63) is 23.9 Å². The van der Waals surface area contributed by atoms with Crippen molar-refractivity contribution in [1.29, 1.82) is 5.26 Å². The summed E-state index contributed by atoms with van der Waals surface area (Å²) in [5.74, 6) is 0.703. The Kier molecular flexibility index (Phi) is 2.57. The predicted octanol–water partition coefficient (Wildman–Crippen LogP) is 1.28. The van der Waals surface area contributed by atoms with Crippen LogP contribution in [0.3, 0.4) is 0 Å². The Morgan fingerprint density at radius 1 is 1.53 bits per heavy atom. The van der Waals surface area contributed by atoms with Gasteiger partial charge in [0.1, 0.15) is 11.9 Å². The fraction of sp³-hybridized carbons (Fsp3) is 0.455. The number of pyridine rings is 1. The van der Waals surface area contributed by atoms with E-state index in [1.807, 2.05) is 6.07 Å². The lowest BCUT2D eigenvalue weighted by Crippen LogP contribution is -2.43. The summed E-state index contributed by atoms with van der Waals surface area (Å²) < 4.78 is 0. The number of nitrogens with zero attached hydrogens (tertiary/aromatic N) is 2. The monoisotopic (exact) mass is 203 g/mol. The van der Waals surface area contributed by atoms with Crippen molar-refractivity contribution in [3.63, 3.8) is 0 Å². The van der Waals surface area contributed by atoms with Crippen LogP contribution in [-0.4, -0.2) is 22.2 Å². The molecule has 4 heteroatoms. The molecule has 1 heterocycles. The Hall–Kier alpha value is -1.60. The van der Waals surface area contributed by atoms with E-state index in [1.54, 1.807) is 12.1 Å². The summed E-state index contributed by atoms with van der Waals surface area (Å²) in [5, 5.41) is 21.5. The van der Waals surface area contributed by atoms with Crippen molar-refractivity contribution < 1.29 is 5.11 Å². The van der Waals surface area contributed by atoms with Gasteiger partial charge in [0.05, 0.1) is 11.2 Å². The molecule has 2 rings (SSSR count). The van der Waals surface area contributed by atoms with E-state index < -0.39 is 5.60 Å². The minimum absolute atomic E-state index is 0.534. The molecule has 0 atom stereocenters. The highest BCUT2D eigenvalue weighted by Crippen LogP contribution is 2.31. The van der Waals surface area contributed by atoms with Gasteiger partial charge in [-0.1, -0.05) is 0 Å². The summed E-state index contributed by atoms with van der Waals surface area (Å²) in [6, 6.07) is 5.47. The molecule has 0 saturated heterocycles. The summed E-state index contributed by atoms with van der Waals surface area (Å²) in [4.78, 5) is 4.07. The van der Waals surface area contributed by atoms with Gasteiger partial charge in [-0.2, -0.15) is 5.26 Å². The molecule has 1 saturated carbocycles. The minimum atomic E-state index is -0.546. The summed E-state index contributed by atoms with van der Waals surface area (Å²) >= 11 is 0. The van der Waals surface area contributed by atoms with Crippen molar-refractivity contribution in [3.8, 4) is 6.07 Å². The van der Waals surface area contributed by atoms with Crippen LogP contribution in [0.2, 0.25) is 0 Å². The number of rotatable bonds is 3. The zero-order valence-electron chi connectivity index (χ0n) is 8.40. The lowest BCUT2D eigenvalue weighted by molar-refractivity contribution is -0.0202. The average molecular weight is 203 g/mol. The van der Waals surface area contributed by atoms with Crippen molar-refractivity contribution in [1.82, 2.24) is 4.98 Å². The molecule has 1 aliphatic rings. The van der Waals surface area contributed by atoms with Crippen LogP contribution < -0.4 is 5.32 Å². The second-order valence-electron chi connectivity index (χ2n) is 3.98. The molecular formula is C11H13N3O. The zero-order chi connectivity index (χ0) is 10.7. The van der Waals surface area contributed by atoms with Gasteiger partial charge in [-0.3, -0.25) is 0 Å². The van der Waals surface area contributed by atoms with Crippen molar-refractivity contribution in [2.75, 3.05) is 11.9 Å². The highest BCUT2D eigenvalue weighted by atomic mass is 16.3. The number of hydrogen-bond acceptors (Lipinski definition) is 4. The molecule has 1 aromatic heterocycles. The highest BCUT2D eigenvalue weighted by Gasteiger charge is 2.33. The van der Waals surface area contributed by atoms with Gasteiger partial charge in [-0.05, 0) is 31.4 Å². The molecule has 1 aromatic rings. The lowest BCUT2D eigenvalue weighted by Gasteiger charge is -2.36. The van der Waals surface area contributed by atoms with Gasteiger partial charge in [-0.25, -0.2) is 4.98 Å². The topological polar surface area (TPSA) is 68.9 Å².